The average Bonchev–Trinajstić information content (AvgIpc) is 3.72. The highest BCUT2D eigenvalue weighted by Crippen LogP contribution is 2.40. The van der Waals surface area contributed by atoms with E-state index < -0.39 is 11.7 Å². The summed E-state index contributed by atoms with van der Waals surface area (Å²) in [5.41, 5.74) is 2.37. The lowest BCUT2D eigenvalue weighted by Crippen LogP contribution is -2.39. The first-order valence-electron chi connectivity index (χ1n) is 13.3. The summed E-state index contributed by atoms with van der Waals surface area (Å²) in [5, 5.41) is 13.3. The Balaban J connectivity index is 1.40. The van der Waals surface area contributed by atoms with Gasteiger partial charge in [0, 0.05) is 43.4 Å². The molecule has 0 spiro atoms. The molecule has 0 bridgehead atoms. The van der Waals surface area contributed by atoms with Gasteiger partial charge in [0.25, 0.3) is 5.91 Å². The second-order valence-corrected chi connectivity index (χ2v) is 10.2. The molecule has 2 heterocycles. The first-order valence-corrected chi connectivity index (χ1v) is 13.3. The number of carbonyl (C=O) groups is 2. The summed E-state index contributed by atoms with van der Waals surface area (Å²) in [4.78, 5) is 33.1. The van der Waals surface area contributed by atoms with Gasteiger partial charge in [-0.2, -0.15) is 5.10 Å². The number of likely N-dealkylation sites (N-methyl/N-ethyl adjacent to an activating group) is 2. The van der Waals surface area contributed by atoms with Crippen molar-refractivity contribution in [1.29, 1.82) is 0 Å². The second kappa shape index (κ2) is 11.7. The van der Waals surface area contributed by atoms with Crippen molar-refractivity contribution in [3.63, 3.8) is 0 Å². The fourth-order valence-electron chi connectivity index (χ4n) is 4.41. The molecule has 1 atom stereocenters. The fraction of sp³-hybridized carbons (Fsp3) is 0.267. The maximum absolute atomic E-state index is 15.4. The molecule has 41 heavy (non-hydrogen) atoms. The third-order valence-electron chi connectivity index (χ3n) is 7.02. The number of anilines is 4. The van der Waals surface area contributed by atoms with E-state index in [1.165, 1.54) is 42.1 Å². The predicted molar refractivity (Wildman–Crippen MR) is 153 cm³/mol. The van der Waals surface area contributed by atoms with Crippen LogP contribution in [0.2, 0.25) is 0 Å². The Morgan fingerprint density at radius 3 is 2.41 bits per heavy atom. The molecule has 9 nitrogen and oxygen atoms in total. The Kier molecular flexibility index (Phi) is 7.95. The summed E-state index contributed by atoms with van der Waals surface area (Å²) in [6.07, 6.45) is 2.18. The minimum atomic E-state index is -0.690. The smallest absolute Gasteiger partial charge is 0.254 e. The first kappa shape index (κ1) is 27.8. The van der Waals surface area contributed by atoms with Crippen molar-refractivity contribution in [2.45, 2.75) is 31.7 Å². The minimum Gasteiger partial charge on any atom is -0.362 e. The standard InChI is InChI=1S/C30H31F2N7O2/c1-18(19-11-13-22(31)14-12-19)33-29-25(39(3)27(40)17-38(2)30(41)21-7-5-4-6-8-21)15-23(32)28(35-29)34-26-16-24(36-37-26)20-9-10-20/h4-8,11-16,18,20H,9-10,17H2,1-3H3,(H3,33,34,35,36,37). The molecule has 0 aliphatic heterocycles. The van der Waals surface area contributed by atoms with E-state index >= 15 is 4.39 Å². The van der Waals surface area contributed by atoms with Crippen molar-refractivity contribution in [2.24, 2.45) is 0 Å². The van der Waals surface area contributed by atoms with E-state index in [1.54, 1.807) is 42.5 Å². The number of aromatic nitrogens is 3. The summed E-state index contributed by atoms with van der Waals surface area (Å²) >= 11 is 0. The number of nitrogens with one attached hydrogen (secondary N) is 3. The highest BCUT2D eigenvalue weighted by Gasteiger charge is 2.27. The van der Waals surface area contributed by atoms with E-state index in [-0.39, 0.29) is 41.6 Å². The molecule has 1 fully saturated rings. The molecule has 1 aliphatic rings. The number of benzene rings is 2. The monoisotopic (exact) mass is 559 g/mol. The molecule has 1 saturated carbocycles. The maximum atomic E-state index is 15.4. The number of aromatic amines is 1. The molecule has 1 aliphatic carbocycles. The van der Waals surface area contributed by atoms with E-state index in [0.29, 0.717) is 17.3 Å². The average molecular weight is 560 g/mol. The molecule has 11 heteroatoms. The molecule has 2 amide bonds. The van der Waals surface area contributed by atoms with Crippen LogP contribution in [0.3, 0.4) is 0 Å². The van der Waals surface area contributed by atoms with Gasteiger partial charge in [-0.15, -0.1) is 0 Å². The molecule has 2 aromatic heterocycles. The summed E-state index contributed by atoms with van der Waals surface area (Å²) in [6, 6.07) is 17.3. The lowest BCUT2D eigenvalue weighted by atomic mass is 10.1. The Morgan fingerprint density at radius 1 is 1.02 bits per heavy atom. The second-order valence-electron chi connectivity index (χ2n) is 10.2. The number of carbonyl (C=O) groups excluding carboxylic acids is 2. The largest absolute Gasteiger partial charge is 0.362 e. The SMILES string of the molecule is CC(Nc1nc(Nc2cc(C3CC3)[nH]n2)c(F)cc1N(C)C(=O)CN(C)C(=O)c1ccccc1)c1ccc(F)cc1. The molecule has 4 aromatic rings. The lowest BCUT2D eigenvalue weighted by Gasteiger charge is -2.26. The quantitative estimate of drug-likeness (QED) is 0.233. The molecule has 3 N–H and O–H groups in total. The Morgan fingerprint density at radius 2 is 1.73 bits per heavy atom. The van der Waals surface area contributed by atoms with Crippen LogP contribution in [0.4, 0.5) is 31.9 Å². The zero-order chi connectivity index (χ0) is 29.1. The van der Waals surface area contributed by atoms with Crippen molar-refractivity contribution in [2.75, 3.05) is 36.2 Å². The van der Waals surface area contributed by atoms with Crippen LogP contribution in [-0.2, 0) is 4.79 Å². The van der Waals surface area contributed by atoms with Gasteiger partial charge in [-0.1, -0.05) is 30.3 Å². The Bertz CT molecular complexity index is 1540. The van der Waals surface area contributed by atoms with Crippen molar-refractivity contribution in [3.8, 4) is 0 Å². The van der Waals surface area contributed by atoms with Gasteiger partial charge in [-0.3, -0.25) is 14.7 Å². The molecule has 0 saturated heterocycles. The van der Waals surface area contributed by atoms with Crippen molar-refractivity contribution in [1.82, 2.24) is 20.1 Å². The lowest BCUT2D eigenvalue weighted by molar-refractivity contribution is -0.118. The fourth-order valence-corrected chi connectivity index (χ4v) is 4.41. The molecule has 5 rings (SSSR count). The number of hydrogen-bond acceptors (Lipinski definition) is 6. The molecule has 0 radical (unpaired) electrons. The van der Waals surface area contributed by atoms with Crippen LogP contribution < -0.4 is 15.5 Å². The Labute approximate surface area is 236 Å². The minimum absolute atomic E-state index is 0.0753. The number of pyridine rings is 1. The van der Waals surface area contributed by atoms with Gasteiger partial charge in [0.2, 0.25) is 5.91 Å². The number of H-pyrrole nitrogens is 1. The number of nitrogens with zero attached hydrogens (tertiary/aromatic N) is 4. The van der Waals surface area contributed by atoms with Crippen LogP contribution in [0.5, 0.6) is 0 Å². The van der Waals surface area contributed by atoms with E-state index in [4.69, 9.17) is 0 Å². The van der Waals surface area contributed by atoms with Crippen LogP contribution in [-0.4, -0.2) is 52.5 Å². The topological polar surface area (TPSA) is 106 Å². The van der Waals surface area contributed by atoms with Crippen LogP contribution >= 0.6 is 0 Å². The summed E-state index contributed by atoms with van der Waals surface area (Å²) < 4.78 is 28.9. The van der Waals surface area contributed by atoms with Gasteiger partial charge in [0.05, 0.1) is 11.7 Å². The number of rotatable bonds is 10. The maximum Gasteiger partial charge on any atom is 0.254 e. The van der Waals surface area contributed by atoms with Crippen LogP contribution in [0.1, 0.15) is 53.3 Å². The summed E-state index contributed by atoms with van der Waals surface area (Å²) in [5.74, 6) is -0.805. The van der Waals surface area contributed by atoms with E-state index in [0.717, 1.165) is 24.1 Å². The summed E-state index contributed by atoms with van der Waals surface area (Å²) in [6.45, 7) is 1.61. The summed E-state index contributed by atoms with van der Waals surface area (Å²) in [7, 11) is 3.03. The number of hydrogen-bond donors (Lipinski definition) is 3. The number of halogens is 2. The van der Waals surface area contributed by atoms with E-state index in [2.05, 4.69) is 25.8 Å². The zero-order valence-electron chi connectivity index (χ0n) is 23.0. The van der Waals surface area contributed by atoms with Gasteiger partial charge < -0.3 is 20.4 Å². The highest BCUT2D eigenvalue weighted by molar-refractivity contribution is 6.01. The Hall–Kier alpha value is -4.80. The van der Waals surface area contributed by atoms with Gasteiger partial charge in [0.1, 0.15) is 12.4 Å². The van der Waals surface area contributed by atoms with Crippen molar-refractivity contribution < 1.29 is 18.4 Å². The highest BCUT2D eigenvalue weighted by atomic mass is 19.1. The molecule has 1 unspecified atom stereocenters. The zero-order valence-corrected chi connectivity index (χ0v) is 23.0. The normalized spacial score (nSPS) is 13.4. The van der Waals surface area contributed by atoms with Crippen molar-refractivity contribution >= 4 is 35.0 Å². The van der Waals surface area contributed by atoms with Crippen molar-refractivity contribution in [3.05, 3.63) is 95.2 Å². The molecular weight excluding hydrogens is 528 g/mol. The number of amides is 2. The van der Waals surface area contributed by atoms with Gasteiger partial charge in [0.15, 0.2) is 23.3 Å². The predicted octanol–water partition coefficient (Wildman–Crippen LogP) is 5.61. The van der Waals surface area contributed by atoms with E-state index in [9.17, 15) is 14.0 Å². The van der Waals surface area contributed by atoms with Gasteiger partial charge >= 0.3 is 0 Å². The molecular formula is C30H31F2N7O2. The van der Waals surface area contributed by atoms with Crippen LogP contribution in [0.25, 0.3) is 0 Å². The third kappa shape index (κ3) is 6.51. The van der Waals surface area contributed by atoms with E-state index in [1.807, 2.05) is 13.0 Å². The molecule has 2 aromatic carbocycles. The van der Waals surface area contributed by atoms with Gasteiger partial charge in [-0.05, 0) is 49.6 Å². The third-order valence-corrected chi connectivity index (χ3v) is 7.02. The first-order chi connectivity index (χ1) is 19.7. The van der Waals surface area contributed by atoms with Gasteiger partial charge in [-0.25, -0.2) is 13.8 Å². The van der Waals surface area contributed by atoms with Crippen LogP contribution in [0.15, 0.2) is 66.7 Å². The molecule has 212 valence electrons. The van der Waals surface area contributed by atoms with Crippen LogP contribution in [0, 0.1) is 11.6 Å².